The molecule has 3 saturated carbocycles. The predicted molar refractivity (Wildman–Crippen MR) is 134 cm³/mol. The Bertz CT molecular complexity index is 799. The molecule has 1 aliphatic heterocycles. The Morgan fingerprint density at radius 2 is 1.97 bits per heavy atom. The van der Waals surface area contributed by atoms with Crippen LogP contribution in [0.25, 0.3) is 0 Å². The summed E-state index contributed by atoms with van der Waals surface area (Å²) < 4.78 is 0. The third kappa shape index (κ3) is 3.71. The fraction of sp³-hybridized carbons (Fsp3) is 0.828. The van der Waals surface area contributed by atoms with Crippen LogP contribution >= 0.6 is 0 Å². The lowest BCUT2D eigenvalue weighted by atomic mass is 9.46. The molecule has 3 nitrogen and oxygen atoms in total. The number of nitrogens with zero attached hydrogens (tertiary/aromatic N) is 1. The molecule has 1 N–H and O–H groups in total. The Hall–Kier alpha value is -1.09. The minimum absolute atomic E-state index is 0.412. The van der Waals surface area contributed by atoms with E-state index in [1.54, 1.807) is 5.57 Å². The minimum Gasteiger partial charge on any atom is -0.396 e. The summed E-state index contributed by atoms with van der Waals surface area (Å²) in [4.78, 5) is 5.88. The lowest BCUT2D eigenvalue weighted by molar-refractivity contribution is -0.0421. The van der Waals surface area contributed by atoms with Crippen molar-refractivity contribution in [3.8, 4) is 0 Å². The van der Waals surface area contributed by atoms with Crippen LogP contribution in [0.5, 0.6) is 0 Å². The highest BCUT2D eigenvalue weighted by Gasteiger charge is 2.59. The molecular formula is C29H46N2O. The summed E-state index contributed by atoms with van der Waals surface area (Å²) in [6.45, 7) is 16.0. The fourth-order valence-corrected chi connectivity index (χ4v) is 9.01. The molecule has 0 bridgehead atoms. The molecule has 32 heavy (non-hydrogen) atoms. The Morgan fingerprint density at radius 3 is 2.75 bits per heavy atom. The highest BCUT2D eigenvalue weighted by atomic mass is 16.6. The van der Waals surface area contributed by atoms with Gasteiger partial charge in [0.05, 0.1) is 5.71 Å². The third-order valence-corrected chi connectivity index (χ3v) is 11.0. The molecule has 3 heteroatoms. The van der Waals surface area contributed by atoms with Crippen LogP contribution in [-0.2, 0) is 4.84 Å². The van der Waals surface area contributed by atoms with Crippen molar-refractivity contribution < 1.29 is 4.84 Å². The number of hydrogen-bond acceptors (Lipinski definition) is 3. The monoisotopic (exact) mass is 438 g/mol. The summed E-state index contributed by atoms with van der Waals surface area (Å²) >= 11 is 0. The van der Waals surface area contributed by atoms with Crippen LogP contribution in [0.2, 0.25) is 0 Å². The fourth-order valence-electron chi connectivity index (χ4n) is 9.01. The topological polar surface area (TPSA) is 33.6 Å². The van der Waals surface area contributed by atoms with Gasteiger partial charge in [-0.05, 0) is 112 Å². The van der Waals surface area contributed by atoms with Gasteiger partial charge in [0.25, 0.3) is 0 Å². The second-order valence-electron chi connectivity index (χ2n) is 12.5. The molecule has 0 aromatic heterocycles. The van der Waals surface area contributed by atoms with E-state index in [2.05, 4.69) is 45.7 Å². The lowest BCUT2D eigenvalue weighted by Crippen LogP contribution is -2.50. The van der Waals surface area contributed by atoms with E-state index in [9.17, 15) is 0 Å². The van der Waals surface area contributed by atoms with Gasteiger partial charge in [-0.15, -0.1) is 0 Å². The van der Waals surface area contributed by atoms with Crippen molar-refractivity contribution in [2.45, 2.75) is 97.9 Å². The van der Waals surface area contributed by atoms with Crippen molar-refractivity contribution in [2.24, 2.45) is 45.6 Å². The van der Waals surface area contributed by atoms with Gasteiger partial charge < -0.3 is 10.2 Å². The van der Waals surface area contributed by atoms with E-state index in [1.807, 2.05) is 0 Å². The summed E-state index contributed by atoms with van der Waals surface area (Å²) in [5.41, 5.74) is 5.20. The number of nitrogens with one attached hydrogen (secondary N) is 1. The zero-order chi connectivity index (χ0) is 22.5. The summed E-state index contributed by atoms with van der Waals surface area (Å²) in [6, 6.07) is 0.609. The number of rotatable bonds is 5. The van der Waals surface area contributed by atoms with Gasteiger partial charge in [0.2, 0.25) is 0 Å². The van der Waals surface area contributed by atoms with Gasteiger partial charge in [0.1, 0.15) is 6.61 Å². The standard InChI is InChI=1S/C29H46N2O/c1-19-10-14-28(4)22(18-19)6-7-23-25-9-8-24(29(25,5)15-11-26(23)28)21(3)31-32-17-13-27-20(2)12-16-30-27/h18,20,23-27,30H,1,6-17H2,2-5H3/b31-21+. The number of oxime groups is 1. The second kappa shape index (κ2) is 8.60. The Balaban J connectivity index is 1.24. The van der Waals surface area contributed by atoms with E-state index in [1.165, 1.54) is 69.1 Å². The Labute approximate surface area is 196 Å². The second-order valence-corrected chi connectivity index (χ2v) is 12.5. The molecule has 5 aliphatic rings. The maximum Gasteiger partial charge on any atom is 0.118 e. The molecule has 4 fully saturated rings. The smallest absolute Gasteiger partial charge is 0.118 e. The molecule has 0 radical (unpaired) electrons. The lowest BCUT2D eigenvalue weighted by Gasteiger charge is -2.58. The molecule has 1 saturated heterocycles. The van der Waals surface area contributed by atoms with Gasteiger partial charge in [0.15, 0.2) is 0 Å². The number of fused-ring (bicyclic) bond motifs is 5. The van der Waals surface area contributed by atoms with Gasteiger partial charge in [0, 0.05) is 12.0 Å². The predicted octanol–water partition coefficient (Wildman–Crippen LogP) is 6.90. The van der Waals surface area contributed by atoms with E-state index >= 15 is 0 Å². The van der Waals surface area contributed by atoms with E-state index < -0.39 is 0 Å². The summed E-state index contributed by atoms with van der Waals surface area (Å²) in [5.74, 6) is 4.01. The molecular weight excluding hydrogens is 392 g/mol. The van der Waals surface area contributed by atoms with Gasteiger partial charge in [-0.25, -0.2) is 0 Å². The van der Waals surface area contributed by atoms with E-state index in [4.69, 9.17) is 9.99 Å². The van der Waals surface area contributed by atoms with E-state index in [0.29, 0.717) is 22.8 Å². The molecule has 178 valence electrons. The average molecular weight is 439 g/mol. The van der Waals surface area contributed by atoms with Crippen molar-refractivity contribution in [1.29, 1.82) is 0 Å². The molecule has 0 aromatic carbocycles. The van der Waals surface area contributed by atoms with Crippen LogP contribution in [0.1, 0.15) is 91.9 Å². The van der Waals surface area contributed by atoms with Crippen LogP contribution in [0.3, 0.4) is 0 Å². The molecule has 0 amide bonds. The molecule has 1 heterocycles. The summed E-state index contributed by atoms with van der Waals surface area (Å²) in [6.07, 6.45) is 15.5. The minimum atomic E-state index is 0.412. The average Bonchev–Trinajstić information content (AvgIpc) is 3.34. The first-order chi connectivity index (χ1) is 15.3. The first-order valence-electron chi connectivity index (χ1n) is 13.6. The van der Waals surface area contributed by atoms with Crippen molar-refractivity contribution in [3.63, 3.8) is 0 Å². The van der Waals surface area contributed by atoms with Crippen molar-refractivity contribution >= 4 is 5.71 Å². The van der Waals surface area contributed by atoms with Gasteiger partial charge in [-0.1, -0.05) is 49.7 Å². The van der Waals surface area contributed by atoms with Crippen LogP contribution in [0, 0.1) is 40.4 Å². The van der Waals surface area contributed by atoms with Crippen molar-refractivity contribution in [2.75, 3.05) is 13.2 Å². The highest BCUT2D eigenvalue weighted by Crippen LogP contribution is 2.67. The van der Waals surface area contributed by atoms with Crippen molar-refractivity contribution in [1.82, 2.24) is 5.32 Å². The molecule has 8 atom stereocenters. The first kappa shape index (κ1) is 22.7. The van der Waals surface area contributed by atoms with Crippen LogP contribution in [0.15, 0.2) is 29.0 Å². The zero-order valence-corrected chi connectivity index (χ0v) is 21.1. The van der Waals surface area contributed by atoms with Gasteiger partial charge in [-0.2, -0.15) is 0 Å². The SMILES string of the molecule is C=C1C=C2CCC3C(CCC4(C)C(/C(C)=N/OCCC5NCCC5C)CCC34)C2(C)CC1. The maximum absolute atomic E-state index is 5.88. The van der Waals surface area contributed by atoms with Crippen LogP contribution in [0.4, 0.5) is 0 Å². The van der Waals surface area contributed by atoms with Gasteiger partial charge in [-0.3, -0.25) is 0 Å². The van der Waals surface area contributed by atoms with Crippen LogP contribution in [-0.4, -0.2) is 24.9 Å². The highest BCUT2D eigenvalue weighted by molar-refractivity contribution is 5.85. The molecule has 5 rings (SSSR count). The zero-order valence-electron chi connectivity index (χ0n) is 21.1. The summed E-state index contributed by atoms with van der Waals surface area (Å²) in [5, 5.41) is 8.30. The molecule has 0 aromatic rings. The van der Waals surface area contributed by atoms with Crippen LogP contribution < -0.4 is 5.32 Å². The quantitative estimate of drug-likeness (QED) is 0.288. The molecule has 8 unspecified atom stereocenters. The molecule has 0 spiro atoms. The Morgan fingerprint density at radius 1 is 1.12 bits per heavy atom. The van der Waals surface area contributed by atoms with Crippen molar-refractivity contribution in [3.05, 3.63) is 23.8 Å². The normalized spacial score (nSPS) is 46.3. The van der Waals surface area contributed by atoms with E-state index in [0.717, 1.165) is 43.2 Å². The number of allylic oxidation sites excluding steroid dienone is 3. The Kier molecular flexibility index (Phi) is 6.10. The largest absolute Gasteiger partial charge is 0.396 e. The first-order valence-corrected chi connectivity index (χ1v) is 13.6. The van der Waals surface area contributed by atoms with Gasteiger partial charge >= 0.3 is 0 Å². The van der Waals surface area contributed by atoms with E-state index in [-0.39, 0.29) is 0 Å². The maximum atomic E-state index is 5.88. The summed E-state index contributed by atoms with van der Waals surface area (Å²) in [7, 11) is 0. The molecule has 4 aliphatic carbocycles. The number of hydrogen-bond donors (Lipinski definition) is 1. The third-order valence-electron chi connectivity index (χ3n) is 11.0.